The van der Waals surface area contributed by atoms with E-state index in [9.17, 15) is 19.7 Å². The summed E-state index contributed by atoms with van der Waals surface area (Å²) in [5.74, 6) is -1.34. The molecule has 9 heteroatoms. The number of ether oxygens (including phenoxy) is 2. The molecule has 1 aliphatic rings. The highest BCUT2D eigenvalue weighted by molar-refractivity contribution is 7.99. The number of methoxy groups -OCH3 is 2. The third kappa shape index (κ3) is 5.01. The summed E-state index contributed by atoms with van der Waals surface area (Å²) in [4.78, 5) is 38.3. The SMILES string of the molecule is COC(=O)C1=C(C(=O)OC)N(c2ccc(Sc3ccc([N+](=O)[O-])cc3)cc2)C=CC=C1. The van der Waals surface area contributed by atoms with E-state index in [1.165, 1.54) is 44.2 Å². The molecule has 3 rings (SSSR count). The van der Waals surface area contributed by atoms with E-state index in [-0.39, 0.29) is 17.0 Å². The maximum Gasteiger partial charge on any atom is 0.355 e. The largest absolute Gasteiger partial charge is 0.465 e. The van der Waals surface area contributed by atoms with E-state index in [0.717, 1.165) is 9.79 Å². The monoisotopic (exact) mass is 438 g/mol. The van der Waals surface area contributed by atoms with Crippen molar-refractivity contribution in [2.45, 2.75) is 9.79 Å². The summed E-state index contributed by atoms with van der Waals surface area (Å²) in [6.45, 7) is 0. The van der Waals surface area contributed by atoms with Gasteiger partial charge in [0.15, 0.2) is 0 Å². The molecule has 0 N–H and O–H groups in total. The molecule has 0 amide bonds. The lowest BCUT2D eigenvalue weighted by Crippen LogP contribution is -2.26. The number of carbonyl (C=O) groups is 2. The number of rotatable bonds is 6. The van der Waals surface area contributed by atoms with Gasteiger partial charge in [0.05, 0.1) is 24.7 Å². The molecule has 0 spiro atoms. The van der Waals surface area contributed by atoms with E-state index in [0.29, 0.717) is 5.69 Å². The lowest BCUT2D eigenvalue weighted by atomic mass is 10.1. The zero-order valence-electron chi connectivity index (χ0n) is 16.7. The zero-order chi connectivity index (χ0) is 22.4. The van der Waals surface area contributed by atoms with Crippen LogP contribution in [0.5, 0.6) is 0 Å². The van der Waals surface area contributed by atoms with Gasteiger partial charge in [0.25, 0.3) is 5.69 Å². The van der Waals surface area contributed by atoms with Gasteiger partial charge < -0.3 is 14.4 Å². The first-order valence-electron chi connectivity index (χ1n) is 9.02. The van der Waals surface area contributed by atoms with Crippen LogP contribution in [0.3, 0.4) is 0 Å². The Balaban J connectivity index is 1.89. The number of nitro groups is 1. The Morgan fingerprint density at radius 2 is 1.48 bits per heavy atom. The molecule has 0 bridgehead atoms. The van der Waals surface area contributed by atoms with Crippen molar-refractivity contribution < 1.29 is 24.0 Å². The van der Waals surface area contributed by atoms with Crippen LogP contribution in [0.25, 0.3) is 0 Å². The lowest BCUT2D eigenvalue weighted by molar-refractivity contribution is -0.384. The van der Waals surface area contributed by atoms with Crippen molar-refractivity contribution in [1.82, 2.24) is 0 Å². The number of non-ortho nitro benzene ring substituents is 1. The third-order valence-electron chi connectivity index (χ3n) is 4.29. The van der Waals surface area contributed by atoms with Gasteiger partial charge in [-0.3, -0.25) is 10.1 Å². The van der Waals surface area contributed by atoms with Crippen molar-refractivity contribution in [1.29, 1.82) is 0 Å². The minimum atomic E-state index is -0.680. The van der Waals surface area contributed by atoms with Crippen molar-refractivity contribution in [3.8, 4) is 0 Å². The van der Waals surface area contributed by atoms with Crippen LogP contribution in [-0.4, -0.2) is 31.1 Å². The molecule has 158 valence electrons. The molecule has 8 nitrogen and oxygen atoms in total. The standard InChI is InChI=1S/C22H18N2O6S/c1-29-21(25)19-5-3-4-14-23(20(19)22(26)30-2)15-6-10-17(11-7-15)31-18-12-8-16(9-13-18)24(27)28/h3-14H,1-2H3. The normalized spacial score (nSPS) is 13.0. The number of benzene rings is 2. The number of carbonyl (C=O) groups excluding carboxylic acids is 2. The van der Waals surface area contributed by atoms with Gasteiger partial charge in [0.1, 0.15) is 5.70 Å². The van der Waals surface area contributed by atoms with Crippen LogP contribution in [0, 0.1) is 10.1 Å². The van der Waals surface area contributed by atoms with E-state index in [1.54, 1.807) is 47.5 Å². The molecular weight excluding hydrogens is 420 g/mol. The topological polar surface area (TPSA) is 99.0 Å². The highest BCUT2D eigenvalue weighted by Gasteiger charge is 2.27. The maximum atomic E-state index is 12.5. The van der Waals surface area contributed by atoms with E-state index < -0.39 is 16.9 Å². The molecule has 1 heterocycles. The molecular formula is C22H18N2O6S. The molecule has 0 radical (unpaired) electrons. The molecule has 0 saturated heterocycles. The molecule has 0 saturated carbocycles. The molecule has 31 heavy (non-hydrogen) atoms. The molecule has 2 aromatic carbocycles. The fraction of sp³-hybridized carbons (Fsp3) is 0.0909. The van der Waals surface area contributed by atoms with Crippen molar-refractivity contribution in [3.63, 3.8) is 0 Å². The average Bonchev–Trinajstić information content (AvgIpc) is 3.02. The molecule has 0 aliphatic carbocycles. The van der Waals surface area contributed by atoms with Crippen LogP contribution in [0.1, 0.15) is 0 Å². The fourth-order valence-electron chi connectivity index (χ4n) is 2.81. The lowest BCUT2D eigenvalue weighted by Gasteiger charge is -2.23. The fourth-order valence-corrected chi connectivity index (χ4v) is 3.63. The molecule has 0 atom stereocenters. The van der Waals surface area contributed by atoms with Crippen molar-refractivity contribution in [2.75, 3.05) is 19.1 Å². The van der Waals surface area contributed by atoms with Crippen LogP contribution >= 0.6 is 11.8 Å². The highest BCUT2D eigenvalue weighted by Crippen LogP contribution is 2.32. The second-order valence-corrected chi connectivity index (χ2v) is 7.31. The van der Waals surface area contributed by atoms with E-state index in [1.807, 2.05) is 12.1 Å². The van der Waals surface area contributed by atoms with Gasteiger partial charge in [-0.25, -0.2) is 9.59 Å². The van der Waals surface area contributed by atoms with Gasteiger partial charge in [0, 0.05) is 33.8 Å². The third-order valence-corrected chi connectivity index (χ3v) is 5.30. The van der Waals surface area contributed by atoms with Crippen LogP contribution in [-0.2, 0) is 19.1 Å². The molecule has 2 aromatic rings. The predicted octanol–water partition coefficient (Wildman–Crippen LogP) is 4.24. The number of nitro benzene ring substituents is 1. The van der Waals surface area contributed by atoms with Gasteiger partial charge in [-0.2, -0.15) is 0 Å². The molecule has 0 fully saturated rings. The smallest absolute Gasteiger partial charge is 0.355 e. The first-order valence-corrected chi connectivity index (χ1v) is 9.83. The Morgan fingerprint density at radius 3 is 2.03 bits per heavy atom. The average molecular weight is 438 g/mol. The minimum absolute atomic E-state index is 0.0322. The number of allylic oxidation sites excluding steroid dienone is 2. The summed E-state index contributed by atoms with van der Waals surface area (Å²) in [5, 5.41) is 10.8. The van der Waals surface area contributed by atoms with Crippen molar-refractivity contribution in [2.24, 2.45) is 0 Å². The summed E-state index contributed by atoms with van der Waals surface area (Å²) in [6, 6.07) is 13.5. The Hall–Kier alpha value is -3.85. The Morgan fingerprint density at radius 1 is 0.903 bits per heavy atom. The van der Waals surface area contributed by atoms with Crippen LogP contribution in [0.4, 0.5) is 11.4 Å². The first kappa shape index (κ1) is 21.8. The van der Waals surface area contributed by atoms with Gasteiger partial charge in [-0.1, -0.05) is 17.8 Å². The quantitative estimate of drug-likeness (QED) is 0.375. The number of esters is 2. The van der Waals surface area contributed by atoms with Gasteiger partial charge in [-0.15, -0.1) is 0 Å². The summed E-state index contributed by atoms with van der Waals surface area (Å²) in [5.41, 5.74) is 0.776. The molecule has 0 unspecified atom stereocenters. The summed E-state index contributed by atoms with van der Waals surface area (Å²) >= 11 is 1.44. The van der Waals surface area contributed by atoms with Gasteiger partial charge >= 0.3 is 11.9 Å². The van der Waals surface area contributed by atoms with E-state index >= 15 is 0 Å². The first-order chi connectivity index (χ1) is 14.9. The highest BCUT2D eigenvalue weighted by atomic mass is 32.2. The second-order valence-electron chi connectivity index (χ2n) is 6.16. The molecule has 0 aromatic heterocycles. The predicted molar refractivity (Wildman–Crippen MR) is 115 cm³/mol. The zero-order valence-corrected chi connectivity index (χ0v) is 17.5. The Labute approximate surface area is 182 Å². The van der Waals surface area contributed by atoms with Crippen LogP contribution in [0.2, 0.25) is 0 Å². The molecule has 1 aliphatic heterocycles. The number of hydrogen-bond acceptors (Lipinski definition) is 8. The second kappa shape index (κ2) is 9.77. The van der Waals surface area contributed by atoms with E-state index in [2.05, 4.69) is 0 Å². The number of nitrogens with zero attached hydrogens (tertiary/aromatic N) is 2. The summed E-state index contributed by atoms with van der Waals surface area (Å²) in [6.07, 6.45) is 6.47. The maximum absolute atomic E-state index is 12.5. The Bertz CT molecular complexity index is 1090. The van der Waals surface area contributed by atoms with Gasteiger partial charge in [-0.05, 0) is 48.6 Å². The van der Waals surface area contributed by atoms with Gasteiger partial charge in [0.2, 0.25) is 0 Å². The van der Waals surface area contributed by atoms with E-state index in [4.69, 9.17) is 9.47 Å². The summed E-state index contributed by atoms with van der Waals surface area (Å²) in [7, 11) is 2.48. The van der Waals surface area contributed by atoms with Crippen LogP contribution in [0.15, 0.2) is 94.0 Å². The minimum Gasteiger partial charge on any atom is -0.465 e. The Kier molecular flexibility index (Phi) is 6.88. The van der Waals surface area contributed by atoms with Crippen molar-refractivity contribution in [3.05, 3.63) is 94.3 Å². The van der Waals surface area contributed by atoms with Crippen LogP contribution < -0.4 is 4.90 Å². The number of anilines is 1. The number of hydrogen-bond donors (Lipinski definition) is 0. The van der Waals surface area contributed by atoms with Crippen molar-refractivity contribution >= 4 is 35.1 Å². The summed E-state index contributed by atoms with van der Waals surface area (Å²) < 4.78 is 9.69.